The van der Waals surface area contributed by atoms with Crippen LogP contribution >= 0.6 is 0 Å². The fourth-order valence-electron chi connectivity index (χ4n) is 2.32. The summed E-state index contributed by atoms with van der Waals surface area (Å²) >= 11 is 0. The number of nitrogens with one attached hydrogen (secondary N) is 1. The first-order valence-corrected chi connectivity index (χ1v) is 7.60. The third-order valence-corrected chi connectivity index (χ3v) is 3.57. The Labute approximate surface area is 139 Å². The molecule has 0 atom stereocenters. The molecule has 1 N–H and O–H groups in total. The fourth-order valence-corrected chi connectivity index (χ4v) is 2.32. The summed E-state index contributed by atoms with van der Waals surface area (Å²) in [7, 11) is 1.60. The second-order valence-corrected chi connectivity index (χ2v) is 5.17. The largest absolute Gasteiger partial charge is 0.497 e. The normalized spacial score (nSPS) is 10.5. The molecule has 24 heavy (non-hydrogen) atoms. The van der Waals surface area contributed by atoms with Gasteiger partial charge in [-0.1, -0.05) is 0 Å². The number of hydrogen-bond donors (Lipinski definition) is 1. The number of benzene rings is 1. The van der Waals surface area contributed by atoms with Gasteiger partial charge in [0.05, 0.1) is 13.4 Å². The molecule has 0 saturated carbocycles. The van der Waals surface area contributed by atoms with Crippen LogP contribution in [0, 0.1) is 0 Å². The lowest BCUT2D eigenvalue weighted by Gasteiger charge is -2.06. The molecular formula is C17H18N4O3. The van der Waals surface area contributed by atoms with E-state index in [1.165, 1.54) is 6.39 Å². The number of methoxy groups -OCH3 is 1. The third kappa shape index (κ3) is 3.62. The minimum Gasteiger partial charge on any atom is -0.497 e. The zero-order chi connectivity index (χ0) is 16.8. The summed E-state index contributed by atoms with van der Waals surface area (Å²) in [6, 6.07) is 7.28. The molecule has 0 fully saturated rings. The van der Waals surface area contributed by atoms with Gasteiger partial charge in [-0.15, -0.1) is 0 Å². The van der Waals surface area contributed by atoms with E-state index in [2.05, 4.69) is 15.3 Å². The molecule has 2 aromatic heterocycles. The van der Waals surface area contributed by atoms with Gasteiger partial charge in [-0.25, -0.2) is 9.97 Å². The number of carbonyl (C=O) groups is 1. The topological polar surface area (TPSA) is 82.2 Å². The lowest BCUT2D eigenvalue weighted by Crippen LogP contribution is -2.26. The van der Waals surface area contributed by atoms with Gasteiger partial charge in [-0.2, -0.15) is 0 Å². The van der Waals surface area contributed by atoms with E-state index in [0.29, 0.717) is 12.3 Å². The van der Waals surface area contributed by atoms with Crippen molar-refractivity contribution in [2.75, 3.05) is 13.7 Å². The van der Waals surface area contributed by atoms with E-state index in [9.17, 15) is 4.79 Å². The molecule has 0 spiro atoms. The van der Waals surface area contributed by atoms with E-state index in [4.69, 9.17) is 9.15 Å². The summed E-state index contributed by atoms with van der Waals surface area (Å²) in [5.41, 5.74) is 1.06. The number of oxazole rings is 1. The van der Waals surface area contributed by atoms with Crippen molar-refractivity contribution in [1.82, 2.24) is 19.9 Å². The highest BCUT2D eigenvalue weighted by Crippen LogP contribution is 2.25. The summed E-state index contributed by atoms with van der Waals surface area (Å²) < 4.78 is 12.5. The Hall–Kier alpha value is -3.09. The predicted octanol–water partition coefficient (Wildman–Crippen LogP) is 2.37. The Morgan fingerprint density at radius 3 is 2.88 bits per heavy atom. The molecule has 0 radical (unpaired) electrons. The lowest BCUT2D eigenvalue weighted by molar-refractivity contribution is 0.0948. The van der Waals surface area contributed by atoms with Crippen molar-refractivity contribution in [3.8, 4) is 17.1 Å². The molecule has 1 amide bonds. The minimum absolute atomic E-state index is 0.250. The van der Waals surface area contributed by atoms with Crippen LogP contribution in [0.1, 0.15) is 16.9 Å². The van der Waals surface area contributed by atoms with Gasteiger partial charge in [0.2, 0.25) is 0 Å². The Balaban J connectivity index is 1.60. The van der Waals surface area contributed by atoms with Gasteiger partial charge in [-0.3, -0.25) is 4.79 Å². The fraction of sp³-hybridized carbons (Fsp3) is 0.235. The van der Waals surface area contributed by atoms with Crippen LogP contribution < -0.4 is 10.1 Å². The van der Waals surface area contributed by atoms with Crippen molar-refractivity contribution in [1.29, 1.82) is 0 Å². The first-order chi connectivity index (χ1) is 11.8. The molecule has 0 saturated heterocycles. The molecular weight excluding hydrogens is 308 g/mol. The number of ether oxygens (including phenoxy) is 1. The molecule has 0 aliphatic rings. The zero-order valence-electron chi connectivity index (χ0n) is 13.3. The van der Waals surface area contributed by atoms with Crippen LogP contribution in [0.5, 0.6) is 5.75 Å². The number of aryl methyl sites for hydroxylation is 1. The van der Waals surface area contributed by atoms with E-state index >= 15 is 0 Å². The highest BCUT2D eigenvalue weighted by Gasteiger charge is 2.17. The number of imidazole rings is 1. The second-order valence-electron chi connectivity index (χ2n) is 5.17. The van der Waals surface area contributed by atoms with Crippen LogP contribution in [-0.2, 0) is 6.54 Å². The summed E-state index contributed by atoms with van der Waals surface area (Å²) in [6.45, 7) is 1.34. The molecule has 7 heteroatoms. The monoisotopic (exact) mass is 326 g/mol. The van der Waals surface area contributed by atoms with E-state index in [1.54, 1.807) is 19.6 Å². The maximum atomic E-state index is 12.3. The van der Waals surface area contributed by atoms with Crippen LogP contribution in [0.4, 0.5) is 0 Å². The number of hydrogen-bond acceptors (Lipinski definition) is 5. The second kappa shape index (κ2) is 7.45. The first-order valence-electron chi connectivity index (χ1n) is 7.60. The molecule has 0 bridgehead atoms. The third-order valence-electron chi connectivity index (χ3n) is 3.57. The highest BCUT2D eigenvalue weighted by atomic mass is 16.5. The predicted molar refractivity (Wildman–Crippen MR) is 87.7 cm³/mol. The molecule has 0 unspecified atom stereocenters. The van der Waals surface area contributed by atoms with Gasteiger partial charge in [0.1, 0.15) is 5.75 Å². The summed E-state index contributed by atoms with van der Waals surface area (Å²) in [6.07, 6.45) is 7.45. The number of carbonyl (C=O) groups excluding carboxylic acids is 1. The molecule has 124 valence electrons. The van der Waals surface area contributed by atoms with Crippen LogP contribution in [-0.4, -0.2) is 34.1 Å². The van der Waals surface area contributed by atoms with Crippen molar-refractivity contribution in [3.63, 3.8) is 0 Å². The van der Waals surface area contributed by atoms with Crippen molar-refractivity contribution < 1.29 is 13.9 Å². The summed E-state index contributed by atoms with van der Waals surface area (Å²) in [4.78, 5) is 20.3. The number of rotatable bonds is 7. The quantitative estimate of drug-likeness (QED) is 0.674. The Morgan fingerprint density at radius 2 is 2.17 bits per heavy atom. The molecule has 1 aromatic carbocycles. The van der Waals surface area contributed by atoms with Crippen LogP contribution in [0.2, 0.25) is 0 Å². The van der Waals surface area contributed by atoms with Crippen LogP contribution in [0.3, 0.4) is 0 Å². The molecule has 3 aromatic rings. The van der Waals surface area contributed by atoms with Crippen molar-refractivity contribution in [2.45, 2.75) is 13.0 Å². The smallest absolute Gasteiger partial charge is 0.273 e. The molecule has 0 aliphatic carbocycles. The maximum absolute atomic E-state index is 12.3. The maximum Gasteiger partial charge on any atom is 0.273 e. The van der Waals surface area contributed by atoms with E-state index in [-0.39, 0.29) is 11.6 Å². The van der Waals surface area contributed by atoms with Gasteiger partial charge in [0.25, 0.3) is 5.91 Å². The van der Waals surface area contributed by atoms with Crippen molar-refractivity contribution in [3.05, 3.63) is 55.1 Å². The first kappa shape index (κ1) is 15.8. The van der Waals surface area contributed by atoms with Crippen molar-refractivity contribution in [2.24, 2.45) is 0 Å². The number of nitrogens with zero attached hydrogens (tertiary/aromatic N) is 3. The van der Waals surface area contributed by atoms with E-state index < -0.39 is 0 Å². The van der Waals surface area contributed by atoms with Gasteiger partial charge >= 0.3 is 0 Å². The Morgan fingerprint density at radius 1 is 1.33 bits per heavy atom. The van der Waals surface area contributed by atoms with E-state index in [1.807, 2.05) is 35.0 Å². The summed E-state index contributed by atoms with van der Waals surface area (Å²) in [5, 5.41) is 2.86. The van der Waals surface area contributed by atoms with Crippen molar-refractivity contribution >= 4 is 5.91 Å². The minimum atomic E-state index is -0.250. The van der Waals surface area contributed by atoms with E-state index in [0.717, 1.165) is 24.3 Å². The number of aromatic nitrogens is 3. The molecule has 2 heterocycles. The number of amides is 1. The molecule has 0 aliphatic heterocycles. The van der Waals surface area contributed by atoms with Gasteiger partial charge in [0, 0.05) is 31.0 Å². The average Bonchev–Trinajstić information content (AvgIpc) is 3.30. The highest BCUT2D eigenvalue weighted by molar-refractivity contribution is 5.97. The molecule has 3 rings (SSSR count). The lowest BCUT2D eigenvalue weighted by atomic mass is 10.1. The van der Waals surface area contributed by atoms with Gasteiger partial charge < -0.3 is 19.0 Å². The Kier molecular flexibility index (Phi) is 4.90. The average molecular weight is 326 g/mol. The van der Waals surface area contributed by atoms with Crippen LogP contribution in [0.15, 0.2) is 53.8 Å². The Bertz CT molecular complexity index is 779. The van der Waals surface area contributed by atoms with Gasteiger partial charge in [0.15, 0.2) is 17.8 Å². The summed E-state index contributed by atoms with van der Waals surface area (Å²) in [5.74, 6) is 0.939. The zero-order valence-corrected chi connectivity index (χ0v) is 13.3. The standard InChI is InChI=1S/C17H18N4O3/c1-23-14-5-3-13(4-6-14)16-15(20-12-24-16)17(22)19-7-2-9-21-10-8-18-11-21/h3-6,8,10-12H,2,7,9H2,1H3,(H,19,22). The van der Waals surface area contributed by atoms with Crippen LogP contribution in [0.25, 0.3) is 11.3 Å². The van der Waals surface area contributed by atoms with Gasteiger partial charge in [-0.05, 0) is 30.7 Å². The SMILES string of the molecule is COc1ccc(-c2ocnc2C(=O)NCCCn2ccnc2)cc1. The molecule has 7 nitrogen and oxygen atoms in total.